The number of aryl methyl sites for hydroxylation is 1. The maximum atomic E-state index is 5.88. The van der Waals surface area contributed by atoms with Crippen LogP contribution in [0.5, 0.6) is 11.5 Å². The first-order valence-corrected chi connectivity index (χ1v) is 9.62. The Morgan fingerprint density at radius 3 is 2.58 bits per heavy atom. The SMILES string of the molecule is Cc1ccc(OCC[C@@H](C)[C@H](C)c2cncc(OC[C@@H]3CCN3)c2)cc1. The van der Waals surface area contributed by atoms with Gasteiger partial charge >= 0.3 is 0 Å². The number of pyridine rings is 1. The molecule has 1 N–H and O–H groups in total. The monoisotopic (exact) mass is 354 g/mol. The summed E-state index contributed by atoms with van der Waals surface area (Å²) in [6.45, 7) is 9.17. The summed E-state index contributed by atoms with van der Waals surface area (Å²) < 4.78 is 11.8. The first kappa shape index (κ1) is 18.7. The summed E-state index contributed by atoms with van der Waals surface area (Å²) in [4.78, 5) is 4.37. The van der Waals surface area contributed by atoms with Gasteiger partial charge in [-0.2, -0.15) is 0 Å². The molecule has 1 fully saturated rings. The van der Waals surface area contributed by atoms with Gasteiger partial charge in [0.15, 0.2) is 0 Å². The molecule has 0 spiro atoms. The van der Waals surface area contributed by atoms with E-state index in [9.17, 15) is 0 Å². The quantitative estimate of drug-likeness (QED) is 0.727. The largest absolute Gasteiger partial charge is 0.494 e. The van der Waals surface area contributed by atoms with E-state index in [1.54, 1.807) is 6.20 Å². The highest BCUT2D eigenvalue weighted by atomic mass is 16.5. The zero-order chi connectivity index (χ0) is 18.4. The molecule has 4 heteroatoms. The number of nitrogens with zero attached hydrogens (tertiary/aromatic N) is 1. The second-order valence-corrected chi connectivity index (χ2v) is 7.42. The lowest BCUT2D eigenvalue weighted by Crippen LogP contribution is -2.46. The van der Waals surface area contributed by atoms with Crippen LogP contribution < -0.4 is 14.8 Å². The van der Waals surface area contributed by atoms with E-state index in [-0.39, 0.29) is 0 Å². The molecule has 2 heterocycles. The van der Waals surface area contributed by atoms with Crippen LogP contribution in [0.25, 0.3) is 0 Å². The Labute approximate surface area is 156 Å². The minimum absolute atomic E-state index is 0.412. The molecular formula is C22H30N2O2. The van der Waals surface area contributed by atoms with E-state index in [0.717, 1.165) is 37.7 Å². The van der Waals surface area contributed by atoms with E-state index in [0.29, 0.717) is 17.9 Å². The smallest absolute Gasteiger partial charge is 0.137 e. The van der Waals surface area contributed by atoms with E-state index < -0.39 is 0 Å². The summed E-state index contributed by atoms with van der Waals surface area (Å²) >= 11 is 0. The maximum absolute atomic E-state index is 5.88. The molecule has 1 aliphatic heterocycles. The molecule has 2 aromatic rings. The zero-order valence-corrected chi connectivity index (χ0v) is 16.1. The summed E-state index contributed by atoms with van der Waals surface area (Å²) in [5.74, 6) is 2.73. The highest BCUT2D eigenvalue weighted by Crippen LogP contribution is 2.28. The van der Waals surface area contributed by atoms with Gasteiger partial charge in [0.25, 0.3) is 0 Å². The van der Waals surface area contributed by atoms with Crippen LogP contribution in [0.4, 0.5) is 0 Å². The first-order chi connectivity index (χ1) is 12.6. The van der Waals surface area contributed by atoms with E-state index in [1.165, 1.54) is 17.5 Å². The Bertz CT molecular complexity index is 683. The normalized spacial score (nSPS) is 18.7. The third-order valence-corrected chi connectivity index (χ3v) is 5.35. The average molecular weight is 354 g/mol. The van der Waals surface area contributed by atoms with Crippen LogP contribution in [-0.4, -0.2) is 30.8 Å². The summed E-state index contributed by atoms with van der Waals surface area (Å²) in [5.41, 5.74) is 2.48. The van der Waals surface area contributed by atoms with E-state index in [2.05, 4.69) is 49.3 Å². The first-order valence-electron chi connectivity index (χ1n) is 9.62. The lowest BCUT2D eigenvalue weighted by atomic mass is 9.88. The Balaban J connectivity index is 1.47. The molecule has 3 atom stereocenters. The number of aromatic nitrogens is 1. The number of nitrogens with one attached hydrogen (secondary N) is 1. The van der Waals surface area contributed by atoms with Crippen molar-refractivity contribution in [1.29, 1.82) is 0 Å². The van der Waals surface area contributed by atoms with E-state index in [4.69, 9.17) is 9.47 Å². The fourth-order valence-electron chi connectivity index (χ4n) is 3.03. The molecular weight excluding hydrogens is 324 g/mol. The minimum atomic E-state index is 0.412. The van der Waals surface area contributed by atoms with Gasteiger partial charge in [0.1, 0.15) is 18.1 Å². The summed E-state index contributed by atoms with van der Waals surface area (Å²) in [6.07, 6.45) is 5.96. The molecule has 1 aliphatic rings. The van der Waals surface area contributed by atoms with Gasteiger partial charge in [-0.1, -0.05) is 31.5 Å². The standard InChI is InChI=1S/C22H30N2O2/c1-16-4-6-21(7-5-16)25-11-9-17(2)18(3)19-12-22(14-23-13-19)26-15-20-8-10-24-20/h4-7,12-14,17-18,20,24H,8-11,15H2,1-3H3/t17-,18+,20+/m1/s1. The molecule has 0 amide bonds. The van der Waals surface area contributed by atoms with Crippen molar-refractivity contribution in [3.05, 3.63) is 53.9 Å². The van der Waals surface area contributed by atoms with Gasteiger partial charge in [0.05, 0.1) is 12.8 Å². The number of ether oxygens (including phenoxy) is 2. The van der Waals surface area contributed by atoms with Gasteiger partial charge in [0, 0.05) is 12.2 Å². The van der Waals surface area contributed by atoms with Crippen LogP contribution in [0.2, 0.25) is 0 Å². The van der Waals surface area contributed by atoms with Gasteiger partial charge in [0.2, 0.25) is 0 Å². The van der Waals surface area contributed by atoms with Crippen molar-refractivity contribution >= 4 is 0 Å². The maximum Gasteiger partial charge on any atom is 0.137 e. The van der Waals surface area contributed by atoms with Crippen molar-refractivity contribution in [1.82, 2.24) is 10.3 Å². The van der Waals surface area contributed by atoms with Gasteiger partial charge in [-0.15, -0.1) is 0 Å². The van der Waals surface area contributed by atoms with E-state index in [1.807, 2.05) is 18.3 Å². The number of benzene rings is 1. The Morgan fingerprint density at radius 1 is 1.12 bits per heavy atom. The van der Waals surface area contributed by atoms with Crippen LogP contribution in [0.15, 0.2) is 42.7 Å². The van der Waals surface area contributed by atoms with Gasteiger partial charge in [-0.25, -0.2) is 0 Å². The van der Waals surface area contributed by atoms with Crippen molar-refractivity contribution in [2.75, 3.05) is 19.8 Å². The Hall–Kier alpha value is -2.07. The Morgan fingerprint density at radius 2 is 1.88 bits per heavy atom. The van der Waals surface area contributed by atoms with Crippen LogP contribution in [-0.2, 0) is 0 Å². The van der Waals surface area contributed by atoms with Crippen molar-refractivity contribution in [2.45, 2.75) is 45.6 Å². The van der Waals surface area contributed by atoms with Crippen LogP contribution in [0, 0.1) is 12.8 Å². The number of hydrogen-bond acceptors (Lipinski definition) is 4. The molecule has 1 aromatic heterocycles. The van der Waals surface area contributed by atoms with Crippen LogP contribution in [0.3, 0.4) is 0 Å². The highest BCUT2D eigenvalue weighted by Gasteiger charge is 2.18. The third-order valence-electron chi connectivity index (χ3n) is 5.35. The molecule has 0 unspecified atom stereocenters. The Kier molecular flexibility index (Phi) is 6.51. The molecule has 4 nitrogen and oxygen atoms in total. The summed E-state index contributed by atoms with van der Waals surface area (Å²) in [7, 11) is 0. The minimum Gasteiger partial charge on any atom is -0.494 e. The second-order valence-electron chi connectivity index (χ2n) is 7.42. The molecule has 140 valence electrons. The third kappa shape index (κ3) is 5.21. The molecule has 0 bridgehead atoms. The molecule has 0 radical (unpaired) electrons. The number of hydrogen-bond donors (Lipinski definition) is 1. The molecule has 26 heavy (non-hydrogen) atoms. The van der Waals surface area contributed by atoms with Crippen LogP contribution >= 0.6 is 0 Å². The van der Waals surface area contributed by atoms with E-state index >= 15 is 0 Å². The lowest BCUT2D eigenvalue weighted by Gasteiger charge is -2.27. The second kappa shape index (κ2) is 9.04. The molecule has 1 aromatic carbocycles. The van der Waals surface area contributed by atoms with Crippen molar-refractivity contribution in [3.63, 3.8) is 0 Å². The van der Waals surface area contributed by atoms with Crippen molar-refractivity contribution < 1.29 is 9.47 Å². The molecule has 0 saturated carbocycles. The predicted molar refractivity (Wildman–Crippen MR) is 105 cm³/mol. The summed E-state index contributed by atoms with van der Waals surface area (Å²) in [5, 5.41) is 3.35. The molecule has 1 saturated heterocycles. The fraction of sp³-hybridized carbons (Fsp3) is 0.500. The average Bonchev–Trinajstić information content (AvgIpc) is 2.61. The van der Waals surface area contributed by atoms with Crippen LogP contribution in [0.1, 0.15) is 43.7 Å². The fourth-order valence-corrected chi connectivity index (χ4v) is 3.03. The van der Waals surface area contributed by atoms with Gasteiger partial charge in [-0.3, -0.25) is 4.98 Å². The van der Waals surface area contributed by atoms with Crippen molar-refractivity contribution in [2.24, 2.45) is 5.92 Å². The highest BCUT2D eigenvalue weighted by molar-refractivity contribution is 5.27. The number of rotatable bonds is 9. The predicted octanol–water partition coefficient (Wildman–Crippen LogP) is 4.34. The van der Waals surface area contributed by atoms with Gasteiger partial charge < -0.3 is 14.8 Å². The lowest BCUT2D eigenvalue weighted by molar-refractivity contribution is 0.216. The van der Waals surface area contributed by atoms with Gasteiger partial charge in [-0.05, 0) is 61.9 Å². The molecule has 0 aliphatic carbocycles. The molecule has 3 rings (SSSR count). The zero-order valence-electron chi connectivity index (χ0n) is 16.1. The summed E-state index contributed by atoms with van der Waals surface area (Å²) in [6, 6.07) is 10.9. The van der Waals surface area contributed by atoms with Crippen molar-refractivity contribution in [3.8, 4) is 11.5 Å². The topological polar surface area (TPSA) is 43.4 Å².